The molecule has 1 saturated heterocycles. The average Bonchev–Trinajstić information content (AvgIpc) is 3.61. The maximum absolute atomic E-state index is 14.4. The molecule has 1 atom stereocenters. The van der Waals surface area contributed by atoms with Crippen LogP contribution in [0.5, 0.6) is 5.75 Å². The van der Waals surface area contributed by atoms with Crippen LogP contribution in [0.3, 0.4) is 0 Å². The van der Waals surface area contributed by atoms with Gasteiger partial charge in [-0.2, -0.15) is 5.10 Å². The number of phenols is 1. The molecule has 2 N–H and O–H groups in total. The molecule has 8 heteroatoms. The second-order valence-electron chi connectivity index (χ2n) is 10.9. The number of likely N-dealkylation sites (tertiary alicyclic amines) is 1. The van der Waals surface area contributed by atoms with Gasteiger partial charge in [0.1, 0.15) is 28.9 Å². The molecule has 1 fully saturated rings. The van der Waals surface area contributed by atoms with Crippen LogP contribution in [0.1, 0.15) is 49.2 Å². The van der Waals surface area contributed by atoms with Gasteiger partial charge < -0.3 is 15.0 Å². The maximum Gasteiger partial charge on any atom is 0.138 e. The summed E-state index contributed by atoms with van der Waals surface area (Å²) in [5.41, 5.74) is 5.87. The number of hydrogen-bond acceptors (Lipinski definition) is 4. The lowest BCUT2D eigenvalue weighted by Crippen LogP contribution is -2.29. The molecule has 6 aromatic rings. The molecular formula is C34H33ClFN5O. The molecule has 0 saturated carbocycles. The maximum atomic E-state index is 14.4. The molecule has 0 bridgehead atoms. The van der Waals surface area contributed by atoms with Gasteiger partial charge in [0.2, 0.25) is 0 Å². The Hall–Kier alpha value is -4.20. The van der Waals surface area contributed by atoms with Crippen molar-refractivity contribution in [2.24, 2.45) is 0 Å². The highest BCUT2D eigenvalue weighted by Crippen LogP contribution is 2.38. The number of imidazole rings is 1. The molecule has 4 aromatic carbocycles. The number of halogens is 2. The molecule has 0 amide bonds. The molecular weight excluding hydrogens is 549 g/mol. The van der Waals surface area contributed by atoms with E-state index < -0.39 is 11.9 Å². The van der Waals surface area contributed by atoms with Gasteiger partial charge in [-0.15, -0.1) is 0 Å². The Morgan fingerprint density at radius 3 is 2.52 bits per heavy atom. The zero-order valence-corrected chi connectivity index (χ0v) is 23.3. The van der Waals surface area contributed by atoms with Gasteiger partial charge in [0.25, 0.3) is 0 Å². The topological polar surface area (TPSA) is 70.0 Å². The van der Waals surface area contributed by atoms with Crippen LogP contribution in [-0.2, 0) is 0 Å². The Bertz CT molecular complexity index is 1840. The molecule has 0 spiro atoms. The molecule has 0 aliphatic carbocycles. The molecule has 1 aliphatic rings. The Morgan fingerprint density at radius 2 is 1.76 bits per heavy atom. The lowest BCUT2D eigenvalue weighted by molar-refractivity contribution is 0.255. The first-order valence-electron chi connectivity index (χ1n) is 13.8. The summed E-state index contributed by atoms with van der Waals surface area (Å²) in [5, 5.41) is 17.0. The lowest BCUT2D eigenvalue weighted by Gasteiger charge is -2.29. The van der Waals surface area contributed by atoms with Gasteiger partial charge in [-0.25, -0.2) is 9.37 Å². The van der Waals surface area contributed by atoms with Gasteiger partial charge >= 0.3 is 0 Å². The van der Waals surface area contributed by atoms with Crippen LogP contribution in [-0.4, -0.2) is 49.9 Å². The van der Waals surface area contributed by atoms with Crippen LogP contribution < -0.4 is 0 Å². The monoisotopic (exact) mass is 581 g/mol. The summed E-state index contributed by atoms with van der Waals surface area (Å²) in [6.45, 7) is 2.25. The van der Waals surface area contributed by atoms with Gasteiger partial charge in [0.15, 0.2) is 0 Å². The van der Waals surface area contributed by atoms with E-state index in [9.17, 15) is 9.50 Å². The smallest absolute Gasteiger partial charge is 0.138 e. The second-order valence-corrected chi connectivity index (χ2v) is 11.3. The van der Waals surface area contributed by atoms with Crippen LogP contribution in [0.2, 0.25) is 5.02 Å². The Kier molecular flexibility index (Phi) is 7.47. The van der Waals surface area contributed by atoms with E-state index in [2.05, 4.69) is 41.2 Å². The molecule has 214 valence electrons. The van der Waals surface area contributed by atoms with Crippen molar-refractivity contribution in [3.05, 3.63) is 113 Å². The third-order valence-corrected chi connectivity index (χ3v) is 8.64. The van der Waals surface area contributed by atoms with Crippen molar-refractivity contribution < 1.29 is 9.50 Å². The van der Waals surface area contributed by atoms with Crippen LogP contribution in [0, 0.1) is 5.82 Å². The first-order valence-corrected chi connectivity index (χ1v) is 14.2. The normalized spacial score (nSPS) is 15.2. The summed E-state index contributed by atoms with van der Waals surface area (Å²) < 4.78 is 16.1. The Labute approximate surface area is 249 Å². The van der Waals surface area contributed by atoms with E-state index in [1.54, 1.807) is 4.68 Å². The van der Waals surface area contributed by atoms with Gasteiger partial charge in [-0.1, -0.05) is 67.6 Å². The Balaban J connectivity index is 0.00000316. The van der Waals surface area contributed by atoms with Crippen molar-refractivity contribution in [1.82, 2.24) is 24.6 Å². The molecule has 1 unspecified atom stereocenters. The summed E-state index contributed by atoms with van der Waals surface area (Å²) in [5.74, 6) is 0.608. The number of hydrogen-bond donors (Lipinski definition) is 2. The van der Waals surface area contributed by atoms with Gasteiger partial charge in [0, 0.05) is 22.7 Å². The number of phenolic OH excluding ortho intramolecular Hbond substituents is 1. The number of aromatic amines is 1. The third-order valence-electron chi connectivity index (χ3n) is 8.26. The minimum absolute atomic E-state index is 0. The van der Waals surface area contributed by atoms with E-state index in [0.717, 1.165) is 40.6 Å². The first-order chi connectivity index (χ1) is 19.9. The molecule has 7 rings (SSSR count). The molecule has 6 nitrogen and oxygen atoms in total. The number of aromatic hydroxyl groups is 1. The van der Waals surface area contributed by atoms with Crippen LogP contribution in [0.15, 0.2) is 85.1 Å². The number of nitrogens with zero attached hydrogens (tertiary/aromatic N) is 4. The fraction of sp³-hybridized carbons (Fsp3) is 0.235. The number of H-pyrrole nitrogens is 1. The van der Waals surface area contributed by atoms with Crippen LogP contribution in [0.25, 0.3) is 33.1 Å². The fourth-order valence-electron chi connectivity index (χ4n) is 5.97. The van der Waals surface area contributed by atoms with Gasteiger partial charge in [0.05, 0.1) is 16.1 Å². The predicted molar refractivity (Wildman–Crippen MR) is 168 cm³/mol. The SMILES string of the molecule is C.CN1CCC(c2ccc(-c3ccc4cn(C(c5nc6ccccc6[nH]5)c5cc(F)ccc5O)nc4c3Cl)cc2)CC1. The minimum Gasteiger partial charge on any atom is -0.508 e. The summed E-state index contributed by atoms with van der Waals surface area (Å²) in [7, 11) is 2.18. The van der Waals surface area contributed by atoms with Crippen molar-refractivity contribution in [3.8, 4) is 16.9 Å². The standard InChI is InChI=1S/C33H29ClFN5O.CH4/c1-39-16-14-21(15-17-39)20-6-8-22(9-7-20)25-12-10-23-19-40(38-31(23)30(25)34)32(26-18-24(35)11-13-29(26)41)33-36-27-4-2-3-5-28(27)37-33;/h2-13,18-19,21,32,41H,14-17H2,1H3,(H,36,37);1H4. The number of aromatic nitrogens is 4. The van der Waals surface area contributed by atoms with Crippen LogP contribution >= 0.6 is 11.6 Å². The van der Waals surface area contributed by atoms with Gasteiger partial charge in [-0.3, -0.25) is 4.68 Å². The first kappa shape index (κ1) is 27.9. The number of fused-ring (bicyclic) bond motifs is 2. The summed E-state index contributed by atoms with van der Waals surface area (Å²) in [4.78, 5) is 10.5. The van der Waals surface area contributed by atoms with Crippen molar-refractivity contribution in [2.45, 2.75) is 32.2 Å². The number of para-hydroxylation sites is 2. The van der Waals surface area contributed by atoms with Crippen molar-refractivity contribution in [1.29, 1.82) is 0 Å². The molecule has 3 heterocycles. The molecule has 1 aliphatic heterocycles. The molecule has 42 heavy (non-hydrogen) atoms. The van der Waals surface area contributed by atoms with E-state index in [-0.39, 0.29) is 13.2 Å². The summed E-state index contributed by atoms with van der Waals surface area (Å²) in [6.07, 6.45) is 4.21. The van der Waals surface area contributed by atoms with E-state index in [1.165, 1.54) is 36.6 Å². The van der Waals surface area contributed by atoms with E-state index in [1.807, 2.05) is 42.6 Å². The largest absolute Gasteiger partial charge is 0.508 e. The fourth-order valence-corrected chi connectivity index (χ4v) is 6.28. The predicted octanol–water partition coefficient (Wildman–Crippen LogP) is 8.16. The molecule has 0 radical (unpaired) electrons. The highest BCUT2D eigenvalue weighted by atomic mass is 35.5. The van der Waals surface area contributed by atoms with Crippen LogP contribution in [0.4, 0.5) is 4.39 Å². The molecule has 2 aromatic heterocycles. The van der Waals surface area contributed by atoms with E-state index in [4.69, 9.17) is 21.7 Å². The zero-order valence-electron chi connectivity index (χ0n) is 22.6. The quantitative estimate of drug-likeness (QED) is 0.215. The lowest BCUT2D eigenvalue weighted by atomic mass is 9.88. The zero-order chi connectivity index (χ0) is 28.1. The van der Waals surface area contributed by atoms with Crippen molar-refractivity contribution in [3.63, 3.8) is 0 Å². The number of nitrogens with one attached hydrogen (secondary N) is 1. The number of rotatable bonds is 5. The average molecular weight is 582 g/mol. The van der Waals surface area contributed by atoms with E-state index in [0.29, 0.717) is 27.8 Å². The summed E-state index contributed by atoms with van der Waals surface area (Å²) in [6, 6.07) is 23.6. The minimum atomic E-state index is -0.709. The summed E-state index contributed by atoms with van der Waals surface area (Å²) >= 11 is 7.00. The van der Waals surface area contributed by atoms with Crippen molar-refractivity contribution in [2.75, 3.05) is 20.1 Å². The van der Waals surface area contributed by atoms with E-state index >= 15 is 0 Å². The Morgan fingerprint density at radius 1 is 1.00 bits per heavy atom. The van der Waals surface area contributed by atoms with Gasteiger partial charge in [-0.05, 0) is 80.4 Å². The highest BCUT2D eigenvalue weighted by Gasteiger charge is 2.26. The number of benzene rings is 4. The van der Waals surface area contributed by atoms with Crippen molar-refractivity contribution >= 4 is 33.5 Å². The highest BCUT2D eigenvalue weighted by molar-refractivity contribution is 6.37. The third kappa shape index (κ3) is 5.03. The number of piperidine rings is 1. The second kappa shape index (κ2) is 11.2.